The Morgan fingerprint density at radius 2 is 2.10 bits per heavy atom. The molecule has 2 nitrogen and oxygen atoms in total. The van der Waals surface area contributed by atoms with Gasteiger partial charge in [0.15, 0.2) is 0 Å². The molecule has 0 aliphatic rings. The molecule has 0 saturated carbocycles. The van der Waals surface area contributed by atoms with E-state index in [0.717, 1.165) is 5.56 Å². The number of halogens is 3. The maximum Gasteiger partial charge on any atom is 0.131 e. The Labute approximate surface area is 129 Å². The monoisotopic (exact) mass is 353 g/mol. The van der Waals surface area contributed by atoms with Crippen LogP contribution in [0.3, 0.4) is 0 Å². The Morgan fingerprint density at radius 1 is 1.30 bits per heavy atom. The molecule has 0 fully saturated rings. The first-order valence-corrected chi connectivity index (χ1v) is 7.30. The second-order valence-electron chi connectivity index (χ2n) is 4.06. The summed E-state index contributed by atoms with van der Waals surface area (Å²) in [5.41, 5.74) is 1.50. The van der Waals surface area contributed by atoms with Crippen LogP contribution >= 0.6 is 27.5 Å². The summed E-state index contributed by atoms with van der Waals surface area (Å²) in [5.74, 6) is 0.157. The van der Waals surface area contributed by atoms with Crippen molar-refractivity contribution in [3.63, 3.8) is 0 Å². The zero-order valence-electron chi connectivity index (χ0n) is 10.4. The lowest BCUT2D eigenvalue weighted by Crippen LogP contribution is -2.01. The summed E-state index contributed by atoms with van der Waals surface area (Å²) in [6.45, 7) is 0.0812. The number of alkyl halides is 1. The van der Waals surface area contributed by atoms with E-state index < -0.39 is 5.82 Å². The van der Waals surface area contributed by atoms with Crippen molar-refractivity contribution in [1.82, 2.24) is 0 Å². The fourth-order valence-corrected chi connectivity index (χ4v) is 2.67. The molecule has 0 heterocycles. The van der Waals surface area contributed by atoms with E-state index in [0.29, 0.717) is 21.7 Å². The first kappa shape index (κ1) is 14.8. The van der Waals surface area contributed by atoms with Crippen LogP contribution in [0.4, 0.5) is 4.39 Å². The fraction of sp³-hybridized carbons (Fsp3) is 0.133. The predicted octanol–water partition coefficient (Wildman–Crippen LogP) is 4.82. The maximum atomic E-state index is 13.7. The van der Waals surface area contributed by atoms with Gasteiger partial charge in [-0.3, -0.25) is 0 Å². The number of hydrogen-bond donors (Lipinski definition) is 0. The van der Waals surface area contributed by atoms with Crippen LogP contribution in [0.5, 0.6) is 5.75 Å². The molecule has 20 heavy (non-hydrogen) atoms. The maximum absolute atomic E-state index is 13.7. The van der Waals surface area contributed by atoms with Crippen LogP contribution in [-0.2, 0) is 11.9 Å². The molecule has 0 aliphatic carbocycles. The van der Waals surface area contributed by atoms with E-state index in [1.54, 1.807) is 30.3 Å². The van der Waals surface area contributed by atoms with Crippen molar-refractivity contribution in [3.8, 4) is 11.8 Å². The minimum atomic E-state index is -0.452. The summed E-state index contributed by atoms with van der Waals surface area (Å²) in [7, 11) is 0. The summed E-state index contributed by atoms with van der Waals surface area (Å²) in [6.07, 6.45) is 0. The van der Waals surface area contributed by atoms with Gasteiger partial charge in [0.1, 0.15) is 18.2 Å². The highest BCUT2D eigenvalue weighted by Crippen LogP contribution is 2.29. The van der Waals surface area contributed by atoms with E-state index in [1.807, 2.05) is 6.07 Å². The average Bonchev–Trinajstić information content (AvgIpc) is 2.46. The lowest BCUT2D eigenvalue weighted by Gasteiger charge is -2.11. The number of hydrogen-bond acceptors (Lipinski definition) is 2. The third-order valence-electron chi connectivity index (χ3n) is 2.77. The first-order chi connectivity index (χ1) is 9.65. The molecule has 2 aromatic rings. The number of nitriles is 1. The first-order valence-electron chi connectivity index (χ1n) is 5.80. The second-order valence-corrected chi connectivity index (χ2v) is 5.02. The van der Waals surface area contributed by atoms with Gasteiger partial charge < -0.3 is 4.74 Å². The number of benzene rings is 2. The molecule has 0 spiro atoms. The Hall–Kier alpha value is -1.57. The van der Waals surface area contributed by atoms with E-state index >= 15 is 0 Å². The van der Waals surface area contributed by atoms with Crippen LogP contribution in [0.15, 0.2) is 36.4 Å². The predicted molar refractivity (Wildman–Crippen MR) is 79.5 cm³/mol. The molecule has 0 radical (unpaired) electrons. The molecule has 5 heteroatoms. The molecule has 2 rings (SSSR count). The molecule has 0 aliphatic heterocycles. The Bertz CT molecular complexity index is 669. The van der Waals surface area contributed by atoms with Crippen molar-refractivity contribution in [1.29, 1.82) is 5.26 Å². The van der Waals surface area contributed by atoms with Gasteiger partial charge in [-0.05, 0) is 24.3 Å². The van der Waals surface area contributed by atoms with Gasteiger partial charge in [-0.15, -0.1) is 0 Å². The van der Waals surface area contributed by atoms with Crippen molar-refractivity contribution >= 4 is 27.5 Å². The van der Waals surface area contributed by atoms with E-state index in [-0.39, 0.29) is 12.2 Å². The molecular weight excluding hydrogens is 345 g/mol. The van der Waals surface area contributed by atoms with Crippen LogP contribution in [0.25, 0.3) is 0 Å². The summed E-state index contributed by atoms with van der Waals surface area (Å²) in [4.78, 5) is 0. The SMILES string of the molecule is N#Cc1ccc(COc2cccc(Cl)c2CBr)c(F)c1. The Balaban J connectivity index is 2.17. The van der Waals surface area contributed by atoms with Gasteiger partial charge in [-0.25, -0.2) is 4.39 Å². The molecule has 0 aromatic heterocycles. The van der Waals surface area contributed by atoms with Crippen molar-refractivity contribution in [2.75, 3.05) is 0 Å². The van der Waals surface area contributed by atoms with Crippen LogP contribution in [-0.4, -0.2) is 0 Å². The average molecular weight is 355 g/mol. The molecule has 0 N–H and O–H groups in total. The summed E-state index contributed by atoms with van der Waals surface area (Å²) in [5, 5.41) is 9.84. The zero-order valence-corrected chi connectivity index (χ0v) is 12.7. The molecule has 0 amide bonds. The van der Waals surface area contributed by atoms with Gasteiger partial charge in [0, 0.05) is 21.5 Å². The van der Waals surface area contributed by atoms with Crippen LogP contribution in [0.1, 0.15) is 16.7 Å². The van der Waals surface area contributed by atoms with Gasteiger partial charge in [-0.1, -0.05) is 39.7 Å². The van der Waals surface area contributed by atoms with Gasteiger partial charge >= 0.3 is 0 Å². The second kappa shape index (κ2) is 6.74. The van der Waals surface area contributed by atoms with Crippen LogP contribution in [0, 0.1) is 17.1 Å². The summed E-state index contributed by atoms with van der Waals surface area (Å²) < 4.78 is 19.3. The zero-order chi connectivity index (χ0) is 14.5. The third-order valence-corrected chi connectivity index (χ3v) is 3.69. The quantitative estimate of drug-likeness (QED) is 0.737. The van der Waals surface area contributed by atoms with Crippen molar-refractivity contribution in [2.45, 2.75) is 11.9 Å². The molecule has 0 unspecified atom stereocenters. The lowest BCUT2D eigenvalue weighted by atomic mass is 10.1. The van der Waals surface area contributed by atoms with Gasteiger partial charge in [0.25, 0.3) is 0 Å². The lowest BCUT2D eigenvalue weighted by molar-refractivity contribution is 0.297. The highest BCUT2D eigenvalue weighted by Gasteiger charge is 2.09. The van der Waals surface area contributed by atoms with E-state index in [9.17, 15) is 4.39 Å². The normalized spacial score (nSPS) is 10.1. The Morgan fingerprint density at radius 3 is 2.75 bits per heavy atom. The Kier molecular flexibility index (Phi) is 4.99. The number of nitrogens with zero attached hydrogens (tertiary/aromatic N) is 1. The number of rotatable bonds is 4. The summed E-state index contributed by atoms with van der Waals surface area (Å²) >= 11 is 9.41. The standard InChI is InChI=1S/C15H10BrClFNO/c16-7-12-13(17)2-1-3-15(12)20-9-11-5-4-10(8-19)6-14(11)18/h1-6H,7,9H2. The highest BCUT2D eigenvalue weighted by molar-refractivity contribution is 9.08. The minimum Gasteiger partial charge on any atom is -0.488 e. The fourth-order valence-electron chi connectivity index (χ4n) is 1.69. The largest absolute Gasteiger partial charge is 0.488 e. The molecule has 2 aromatic carbocycles. The van der Waals surface area contributed by atoms with Gasteiger partial charge in [0.2, 0.25) is 0 Å². The smallest absolute Gasteiger partial charge is 0.131 e. The number of ether oxygens (including phenoxy) is 1. The van der Waals surface area contributed by atoms with Crippen molar-refractivity contribution in [2.24, 2.45) is 0 Å². The van der Waals surface area contributed by atoms with E-state index in [4.69, 9.17) is 21.6 Å². The van der Waals surface area contributed by atoms with E-state index in [1.165, 1.54) is 6.07 Å². The molecule has 0 atom stereocenters. The van der Waals surface area contributed by atoms with Gasteiger partial charge in [-0.2, -0.15) is 5.26 Å². The molecule has 0 bridgehead atoms. The van der Waals surface area contributed by atoms with Gasteiger partial charge in [0.05, 0.1) is 11.6 Å². The van der Waals surface area contributed by atoms with Crippen LogP contribution < -0.4 is 4.74 Å². The molecule has 0 saturated heterocycles. The topological polar surface area (TPSA) is 33.0 Å². The van der Waals surface area contributed by atoms with Crippen LogP contribution in [0.2, 0.25) is 5.02 Å². The molecular formula is C15H10BrClFNO. The third kappa shape index (κ3) is 3.30. The minimum absolute atomic E-state index is 0.0812. The molecule has 102 valence electrons. The highest BCUT2D eigenvalue weighted by atomic mass is 79.9. The van der Waals surface area contributed by atoms with E-state index in [2.05, 4.69) is 15.9 Å². The van der Waals surface area contributed by atoms with Crippen molar-refractivity contribution in [3.05, 3.63) is 63.9 Å². The van der Waals surface area contributed by atoms with Crippen molar-refractivity contribution < 1.29 is 9.13 Å². The summed E-state index contributed by atoms with van der Waals surface area (Å²) in [6, 6.07) is 11.5.